The zero-order valence-electron chi connectivity index (χ0n) is 16.3. The molecule has 0 aliphatic carbocycles. The molecule has 1 aliphatic rings. The number of nitrogens with zero attached hydrogens (tertiary/aromatic N) is 1. The highest BCUT2D eigenvalue weighted by atomic mass is 32.2. The molecule has 1 heterocycles. The molecule has 2 amide bonds. The molecule has 0 atom stereocenters. The van der Waals surface area contributed by atoms with Gasteiger partial charge in [0.2, 0.25) is 5.91 Å². The minimum atomic E-state index is -2.91. The second-order valence-electron chi connectivity index (χ2n) is 7.13. The van der Waals surface area contributed by atoms with Crippen molar-refractivity contribution < 1.29 is 18.0 Å². The van der Waals surface area contributed by atoms with Crippen LogP contribution in [0.2, 0.25) is 0 Å². The molecule has 0 aromatic heterocycles. The van der Waals surface area contributed by atoms with Crippen molar-refractivity contribution in [1.29, 1.82) is 0 Å². The molecular formula is C21H25N3O4S. The first kappa shape index (κ1) is 21.0. The minimum Gasteiger partial charge on any atom is -0.359 e. The predicted octanol–water partition coefficient (Wildman–Crippen LogP) is 1.46. The summed E-state index contributed by atoms with van der Waals surface area (Å²) in [5.41, 5.74) is 2.94. The summed E-state index contributed by atoms with van der Waals surface area (Å²) in [6, 6.07) is 14.5. The lowest BCUT2D eigenvalue weighted by atomic mass is 10.1. The van der Waals surface area contributed by atoms with Crippen LogP contribution < -0.4 is 10.6 Å². The summed E-state index contributed by atoms with van der Waals surface area (Å²) in [5, 5.41) is 5.45. The van der Waals surface area contributed by atoms with Gasteiger partial charge in [0.05, 0.1) is 17.9 Å². The van der Waals surface area contributed by atoms with Crippen LogP contribution in [0.1, 0.15) is 21.5 Å². The van der Waals surface area contributed by atoms with Crippen LogP contribution in [0.25, 0.3) is 0 Å². The number of carbonyl (C=O) groups excluding carboxylic acids is 2. The average Bonchev–Trinajstić information content (AvgIpc) is 2.70. The number of sulfone groups is 1. The van der Waals surface area contributed by atoms with Crippen LogP contribution in [0.4, 0.5) is 5.69 Å². The molecular weight excluding hydrogens is 390 g/mol. The number of hydrogen-bond donors (Lipinski definition) is 2. The lowest BCUT2D eigenvalue weighted by Crippen LogP contribution is -2.39. The molecule has 1 saturated heterocycles. The third kappa shape index (κ3) is 6.13. The second kappa shape index (κ2) is 9.19. The van der Waals surface area contributed by atoms with Crippen molar-refractivity contribution in [3.63, 3.8) is 0 Å². The molecule has 2 N–H and O–H groups in total. The topological polar surface area (TPSA) is 95.6 Å². The van der Waals surface area contributed by atoms with Crippen molar-refractivity contribution in [2.24, 2.45) is 0 Å². The van der Waals surface area contributed by atoms with Crippen molar-refractivity contribution in [2.45, 2.75) is 13.0 Å². The molecule has 29 heavy (non-hydrogen) atoms. The third-order valence-electron chi connectivity index (χ3n) is 4.86. The molecule has 0 spiro atoms. The van der Waals surface area contributed by atoms with Gasteiger partial charge in [0.15, 0.2) is 9.84 Å². The number of likely N-dealkylation sites (N-methyl/N-ethyl adjacent to an activating group) is 1. The van der Waals surface area contributed by atoms with Crippen LogP contribution in [-0.4, -0.2) is 56.8 Å². The maximum absolute atomic E-state index is 12.7. The Hall–Kier alpha value is -2.71. The summed E-state index contributed by atoms with van der Waals surface area (Å²) in [7, 11) is -1.32. The molecule has 2 aromatic carbocycles. The van der Waals surface area contributed by atoms with E-state index in [1.807, 2.05) is 24.3 Å². The quantitative estimate of drug-likeness (QED) is 0.745. The van der Waals surface area contributed by atoms with Gasteiger partial charge in [-0.3, -0.25) is 14.5 Å². The number of nitrogens with one attached hydrogen (secondary N) is 2. The molecule has 1 aliphatic heterocycles. The zero-order chi connectivity index (χ0) is 20.9. The van der Waals surface area contributed by atoms with Crippen molar-refractivity contribution in [3.8, 4) is 0 Å². The highest BCUT2D eigenvalue weighted by Crippen LogP contribution is 2.15. The van der Waals surface area contributed by atoms with Gasteiger partial charge >= 0.3 is 0 Å². The van der Waals surface area contributed by atoms with Crippen LogP contribution in [0.15, 0.2) is 48.5 Å². The molecule has 0 saturated carbocycles. The van der Waals surface area contributed by atoms with Crippen molar-refractivity contribution in [2.75, 3.05) is 37.0 Å². The van der Waals surface area contributed by atoms with Crippen molar-refractivity contribution in [3.05, 3.63) is 65.2 Å². The van der Waals surface area contributed by atoms with E-state index in [4.69, 9.17) is 0 Å². The standard InChI is InChI=1S/C21H25N3O4S/c1-22-20(25)14-16-4-3-7-19(13-16)23-21(26)18-6-2-5-17(12-18)15-24-8-10-29(27,28)11-9-24/h2-7,12-13H,8-11,14-15H2,1H3,(H,22,25)(H,23,26). The fourth-order valence-corrected chi connectivity index (χ4v) is 4.49. The Bertz CT molecular complexity index is 990. The normalized spacial score (nSPS) is 16.2. The molecule has 3 rings (SSSR count). The van der Waals surface area contributed by atoms with Gasteiger partial charge in [-0.1, -0.05) is 24.3 Å². The van der Waals surface area contributed by atoms with Gasteiger partial charge in [-0.05, 0) is 35.4 Å². The summed E-state index contributed by atoms with van der Waals surface area (Å²) in [6.07, 6.45) is 0.251. The third-order valence-corrected chi connectivity index (χ3v) is 6.47. The summed E-state index contributed by atoms with van der Waals surface area (Å²) in [5.74, 6) is 0.0379. The molecule has 0 unspecified atom stereocenters. The van der Waals surface area contributed by atoms with Crippen LogP contribution in [0.3, 0.4) is 0 Å². The summed E-state index contributed by atoms with van der Waals surface area (Å²) in [4.78, 5) is 26.3. The maximum atomic E-state index is 12.7. The highest BCUT2D eigenvalue weighted by Gasteiger charge is 2.21. The lowest BCUT2D eigenvalue weighted by Gasteiger charge is -2.26. The van der Waals surface area contributed by atoms with E-state index in [1.165, 1.54) is 0 Å². The van der Waals surface area contributed by atoms with E-state index < -0.39 is 9.84 Å². The molecule has 1 fully saturated rings. The van der Waals surface area contributed by atoms with Gasteiger partial charge in [0.25, 0.3) is 5.91 Å². The molecule has 0 radical (unpaired) electrons. The minimum absolute atomic E-state index is 0.0910. The summed E-state index contributed by atoms with van der Waals surface area (Å²) < 4.78 is 23.1. The number of amides is 2. The molecule has 154 valence electrons. The fourth-order valence-electron chi connectivity index (χ4n) is 3.21. The summed E-state index contributed by atoms with van der Waals surface area (Å²) in [6.45, 7) is 1.63. The van der Waals surface area contributed by atoms with Crippen molar-refractivity contribution >= 4 is 27.3 Å². The lowest BCUT2D eigenvalue weighted by molar-refractivity contribution is -0.119. The number of benzene rings is 2. The Morgan fingerprint density at radius 2 is 1.69 bits per heavy atom. The van der Waals surface area contributed by atoms with Crippen LogP contribution in [0.5, 0.6) is 0 Å². The van der Waals surface area contributed by atoms with Crippen LogP contribution >= 0.6 is 0 Å². The van der Waals surface area contributed by atoms with Gasteiger partial charge < -0.3 is 10.6 Å². The Balaban J connectivity index is 1.64. The van der Waals surface area contributed by atoms with Crippen molar-refractivity contribution in [1.82, 2.24) is 10.2 Å². The van der Waals surface area contributed by atoms with Gasteiger partial charge in [-0.2, -0.15) is 0 Å². The number of hydrogen-bond acceptors (Lipinski definition) is 5. The first-order chi connectivity index (χ1) is 13.8. The molecule has 2 aromatic rings. The van der Waals surface area contributed by atoms with E-state index in [9.17, 15) is 18.0 Å². The van der Waals surface area contributed by atoms with E-state index >= 15 is 0 Å². The Morgan fingerprint density at radius 1 is 1.00 bits per heavy atom. The van der Waals surface area contributed by atoms with E-state index in [-0.39, 0.29) is 29.7 Å². The van der Waals surface area contributed by atoms with E-state index in [0.29, 0.717) is 30.9 Å². The number of carbonyl (C=O) groups is 2. The smallest absolute Gasteiger partial charge is 0.255 e. The average molecular weight is 416 g/mol. The van der Waals surface area contributed by atoms with E-state index in [1.54, 1.807) is 31.3 Å². The Kier molecular flexibility index (Phi) is 6.66. The van der Waals surface area contributed by atoms with Gasteiger partial charge in [-0.25, -0.2) is 8.42 Å². The SMILES string of the molecule is CNC(=O)Cc1cccc(NC(=O)c2cccc(CN3CCS(=O)(=O)CC3)c2)c1. The van der Waals surface area contributed by atoms with Crippen LogP contribution in [-0.2, 0) is 27.6 Å². The maximum Gasteiger partial charge on any atom is 0.255 e. The number of anilines is 1. The van der Waals surface area contributed by atoms with E-state index in [0.717, 1.165) is 11.1 Å². The number of rotatable bonds is 6. The Morgan fingerprint density at radius 3 is 2.41 bits per heavy atom. The first-order valence-corrected chi connectivity index (χ1v) is 11.3. The molecule has 0 bridgehead atoms. The largest absolute Gasteiger partial charge is 0.359 e. The zero-order valence-corrected chi connectivity index (χ0v) is 17.2. The fraction of sp³-hybridized carbons (Fsp3) is 0.333. The highest BCUT2D eigenvalue weighted by molar-refractivity contribution is 7.91. The van der Waals surface area contributed by atoms with E-state index in [2.05, 4.69) is 15.5 Å². The van der Waals surface area contributed by atoms with Crippen LogP contribution in [0, 0.1) is 0 Å². The Labute approximate surface area is 171 Å². The second-order valence-corrected chi connectivity index (χ2v) is 9.44. The molecule has 8 heteroatoms. The molecule has 7 nitrogen and oxygen atoms in total. The van der Waals surface area contributed by atoms with Gasteiger partial charge in [-0.15, -0.1) is 0 Å². The van der Waals surface area contributed by atoms with Gasteiger partial charge in [0, 0.05) is 37.9 Å². The predicted molar refractivity (Wildman–Crippen MR) is 113 cm³/mol. The summed E-state index contributed by atoms with van der Waals surface area (Å²) >= 11 is 0. The van der Waals surface area contributed by atoms with Gasteiger partial charge in [0.1, 0.15) is 0 Å². The first-order valence-electron chi connectivity index (χ1n) is 9.47. The monoisotopic (exact) mass is 415 g/mol.